The predicted octanol–water partition coefficient (Wildman–Crippen LogP) is 2.31. The van der Waals surface area contributed by atoms with Crippen LogP contribution in [0.5, 0.6) is 17.2 Å². The summed E-state index contributed by atoms with van der Waals surface area (Å²) in [4.78, 5) is 0. The smallest absolute Gasteiger partial charge is 0.161 e. The van der Waals surface area contributed by atoms with Gasteiger partial charge >= 0.3 is 0 Å². The number of phenolic OH excluding ortho intramolecular Hbond substituents is 1. The Hall–Kier alpha value is -2.24. The predicted molar refractivity (Wildman–Crippen MR) is 91.7 cm³/mol. The van der Waals surface area contributed by atoms with Crippen LogP contribution < -0.4 is 9.47 Å². The van der Waals surface area contributed by atoms with Crippen molar-refractivity contribution in [2.24, 2.45) is 0 Å². The van der Waals surface area contributed by atoms with Crippen LogP contribution in [-0.4, -0.2) is 41.7 Å². The summed E-state index contributed by atoms with van der Waals surface area (Å²) >= 11 is 0. The van der Waals surface area contributed by atoms with Crippen molar-refractivity contribution in [3.05, 3.63) is 53.6 Å². The molecule has 0 heterocycles. The molecule has 0 spiro atoms. The van der Waals surface area contributed by atoms with Crippen molar-refractivity contribution in [2.75, 3.05) is 20.3 Å². The molecule has 5 nitrogen and oxygen atoms in total. The third-order valence-electron chi connectivity index (χ3n) is 3.75. The summed E-state index contributed by atoms with van der Waals surface area (Å²) in [6.07, 6.45) is 1.58. The molecule has 5 heteroatoms. The Morgan fingerprint density at radius 2 is 1.67 bits per heavy atom. The molecule has 0 bridgehead atoms. The fourth-order valence-electron chi connectivity index (χ4n) is 2.47. The summed E-state index contributed by atoms with van der Waals surface area (Å²) in [7, 11) is 1.58. The molecule has 1 unspecified atom stereocenters. The van der Waals surface area contributed by atoms with Gasteiger partial charge in [0.25, 0.3) is 0 Å². The average molecular weight is 332 g/mol. The Morgan fingerprint density at radius 1 is 0.958 bits per heavy atom. The van der Waals surface area contributed by atoms with Gasteiger partial charge in [-0.25, -0.2) is 0 Å². The monoisotopic (exact) mass is 332 g/mol. The fourth-order valence-corrected chi connectivity index (χ4v) is 2.47. The molecule has 1 atom stereocenters. The summed E-state index contributed by atoms with van der Waals surface area (Å²) in [5.74, 6) is 1.39. The van der Waals surface area contributed by atoms with Crippen LogP contribution in [0.25, 0.3) is 0 Å². The molecule has 2 aromatic carbocycles. The number of aliphatic hydroxyl groups excluding tert-OH is 2. The van der Waals surface area contributed by atoms with E-state index < -0.39 is 6.10 Å². The third-order valence-corrected chi connectivity index (χ3v) is 3.75. The van der Waals surface area contributed by atoms with Crippen LogP contribution in [0.1, 0.15) is 17.5 Å². The van der Waals surface area contributed by atoms with Crippen LogP contribution >= 0.6 is 0 Å². The minimum Gasteiger partial charge on any atom is -0.508 e. The van der Waals surface area contributed by atoms with Gasteiger partial charge < -0.3 is 24.8 Å². The highest BCUT2D eigenvalue weighted by molar-refractivity contribution is 5.43. The van der Waals surface area contributed by atoms with Gasteiger partial charge in [0.05, 0.1) is 13.7 Å². The third kappa shape index (κ3) is 5.15. The molecule has 2 aromatic rings. The molecular formula is C19H24O5. The van der Waals surface area contributed by atoms with Crippen LogP contribution in [0.3, 0.4) is 0 Å². The molecule has 0 aromatic heterocycles. The number of aliphatic hydroxyl groups is 2. The Bertz CT molecular complexity index is 624. The van der Waals surface area contributed by atoms with Crippen molar-refractivity contribution in [3.63, 3.8) is 0 Å². The second-order valence-electron chi connectivity index (χ2n) is 5.61. The quantitative estimate of drug-likeness (QED) is 0.657. The van der Waals surface area contributed by atoms with Crippen molar-refractivity contribution in [2.45, 2.75) is 25.4 Å². The zero-order valence-corrected chi connectivity index (χ0v) is 13.8. The van der Waals surface area contributed by atoms with Gasteiger partial charge in [-0.3, -0.25) is 0 Å². The fraction of sp³-hybridized carbons (Fsp3) is 0.368. The molecule has 130 valence electrons. The van der Waals surface area contributed by atoms with Gasteiger partial charge in [0, 0.05) is 13.0 Å². The van der Waals surface area contributed by atoms with Gasteiger partial charge in [0.1, 0.15) is 11.9 Å². The Balaban J connectivity index is 2.07. The largest absolute Gasteiger partial charge is 0.508 e. The molecule has 24 heavy (non-hydrogen) atoms. The van der Waals surface area contributed by atoms with Crippen LogP contribution in [0, 0.1) is 0 Å². The van der Waals surface area contributed by atoms with Crippen molar-refractivity contribution < 1.29 is 24.8 Å². The van der Waals surface area contributed by atoms with Crippen molar-refractivity contribution >= 4 is 0 Å². The Morgan fingerprint density at radius 3 is 2.29 bits per heavy atom. The summed E-state index contributed by atoms with van der Waals surface area (Å²) in [5.41, 5.74) is 2.03. The maximum Gasteiger partial charge on any atom is 0.161 e. The molecule has 0 fully saturated rings. The molecule has 0 radical (unpaired) electrons. The lowest BCUT2D eigenvalue weighted by molar-refractivity contribution is 0.112. The van der Waals surface area contributed by atoms with Gasteiger partial charge in [-0.05, 0) is 48.2 Å². The number of aromatic hydroxyl groups is 1. The average Bonchev–Trinajstić information content (AvgIpc) is 2.61. The minimum atomic E-state index is -0.410. The van der Waals surface area contributed by atoms with E-state index in [4.69, 9.17) is 14.6 Å². The first-order chi connectivity index (χ1) is 11.7. The number of ether oxygens (including phenoxy) is 2. The van der Waals surface area contributed by atoms with Crippen molar-refractivity contribution in [1.29, 1.82) is 0 Å². The van der Waals surface area contributed by atoms with E-state index in [0.29, 0.717) is 24.3 Å². The molecule has 3 N–H and O–H groups in total. The number of methoxy groups -OCH3 is 1. The molecular weight excluding hydrogens is 308 g/mol. The highest BCUT2D eigenvalue weighted by Crippen LogP contribution is 2.30. The summed E-state index contributed by atoms with van der Waals surface area (Å²) < 4.78 is 11.3. The molecule has 0 aliphatic rings. The summed E-state index contributed by atoms with van der Waals surface area (Å²) in [5, 5.41) is 27.8. The lowest BCUT2D eigenvalue weighted by Gasteiger charge is -2.19. The summed E-state index contributed by atoms with van der Waals surface area (Å²) in [6.45, 7) is 0.0239. The van der Waals surface area contributed by atoms with E-state index in [0.717, 1.165) is 17.5 Å². The van der Waals surface area contributed by atoms with Gasteiger partial charge in [0.15, 0.2) is 11.5 Å². The van der Waals surface area contributed by atoms with Crippen molar-refractivity contribution in [3.8, 4) is 17.2 Å². The van der Waals surface area contributed by atoms with Gasteiger partial charge in [-0.15, -0.1) is 0 Å². The second kappa shape index (κ2) is 9.15. The van der Waals surface area contributed by atoms with Crippen LogP contribution in [0.2, 0.25) is 0 Å². The molecule has 2 rings (SSSR count). The maximum absolute atomic E-state index is 9.59. The van der Waals surface area contributed by atoms with Gasteiger partial charge in [-0.1, -0.05) is 18.2 Å². The van der Waals surface area contributed by atoms with E-state index in [-0.39, 0.29) is 19.0 Å². The number of aryl methyl sites for hydroxylation is 1. The lowest BCUT2D eigenvalue weighted by atomic mass is 10.1. The van der Waals surface area contributed by atoms with E-state index in [1.807, 2.05) is 18.2 Å². The molecule has 0 saturated heterocycles. The van der Waals surface area contributed by atoms with E-state index >= 15 is 0 Å². The number of phenols is 1. The van der Waals surface area contributed by atoms with E-state index in [2.05, 4.69) is 0 Å². The first-order valence-electron chi connectivity index (χ1n) is 7.99. The normalized spacial score (nSPS) is 12.0. The van der Waals surface area contributed by atoms with Gasteiger partial charge in [-0.2, -0.15) is 0 Å². The van der Waals surface area contributed by atoms with Crippen LogP contribution in [0.4, 0.5) is 0 Å². The van der Waals surface area contributed by atoms with E-state index in [1.54, 1.807) is 31.4 Å². The number of hydrogen-bond acceptors (Lipinski definition) is 5. The SMILES string of the molecule is COc1cc(CCCO)ccc1OC(CO)Cc1ccc(O)cc1. The molecule has 0 aliphatic heterocycles. The zero-order valence-electron chi connectivity index (χ0n) is 13.8. The first-order valence-corrected chi connectivity index (χ1v) is 7.99. The minimum absolute atomic E-state index is 0.129. The number of hydrogen-bond donors (Lipinski definition) is 3. The standard InChI is InChI=1S/C19H24O5/c1-23-19-12-14(3-2-10-20)6-9-18(19)24-17(13-21)11-15-4-7-16(22)8-5-15/h4-9,12,17,20-22H,2-3,10-11,13H2,1H3. The number of rotatable bonds is 9. The molecule has 0 saturated carbocycles. The highest BCUT2D eigenvalue weighted by atomic mass is 16.5. The first kappa shape index (κ1) is 18.1. The zero-order chi connectivity index (χ0) is 17.4. The molecule has 0 aliphatic carbocycles. The number of benzene rings is 2. The second-order valence-corrected chi connectivity index (χ2v) is 5.61. The van der Waals surface area contributed by atoms with E-state index in [1.165, 1.54) is 0 Å². The van der Waals surface area contributed by atoms with Gasteiger partial charge in [0.2, 0.25) is 0 Å². The molecule has 0 amide bonds. The Labute approximate surface area is 142 Å². The topological polar surface area (TPSA) is 79.2 Å². The van der Waals surface area contributed by atoms with E-state index in [9.17, 15) is 10.2 Å². The maximum atomic E-state index is 9.59. The van der Waals surface area contributed by atoms with Crippen LogP contribution in [0.15, 0.2) is 42.5 Å². The summed E-state index contributed by atoms with van der Waals surface area (Å²) in [6, 6.07) is 12.5. The van der Waals surface area contributed by atoms with Crippen molar-refractivity contribution in [1.82, 2.24) is 0 Å². The Kier molecular flexibility index (Phi) is 6.90. The highest BCUT2D eigenvalue weighted by Gasteiger charge is 2.14. The van der Waals surface area contributed by atoms with Crippen LogP contribution in [-0.2, 0) is 12.8 Å². The lowest BCUT2D eigenvalue weighted by Crippen LogP contribution is -2.24.